The smallest absolute Gasteiger partial charge is 0.312 e. The van der Waals surface area contributed by atoms with Gasteiger partial charge in [0.05, 0.1) is 11.6 Å². The van der Waals surface area contributed by atoms with Crippen molar-refractivity contribution in [3.8, 4) is 0 Å². The first-order chi connectivity index (χ1) is 17.7. The third-order valence-corrected chi connectivity index (χ3v) is 6.55. The van der Waals surface area contributed by atoms with Gasteiger partial charge < -0.3 is 29.9 Å². The van der Waals surface area contributed by atoms with Crippen LogP contribution in [0.1, 0.15) is 30.9 Å². The number of methoxy groups -OCH3 is 1. The molecule has 1 aromatic rings. The van der Waals surface area contributed by atoms with E-state index in [1.165, 1.54) is 38.2 Å². The molecule has 0 saturated carbocycles. The molecule has 1 aromatic carbocycles. The number of nitrogens with one attached hydrogen (secondary N) is 1. The van der Waals surface area contributed by atoms with Crippen molar-refractivity contribution in [1.82, 2.24) is 20.0 Å². The van der Waals surface area contributed by atoms with E-state index in [4.69, 9.17) is 4.74 Å². The van der Waals surface area contributed by atoms with E-state index in [1.807, 2.05) is 6.92 Å². The first-order valence-corrected chi connectivity index (χ1v) is 12.0. The van der Waals surface area contributed by atoms with Gasteiger partial charge in [0.25, 0.3) is 5.91 Å². The SMILES string of the molecule is COC1(C)CCC(N(C)C(=O)C(=O)N(C)C)/C(=N/C(C(=O)NCc2ccc(F)c(C)c2)=C(/O)C=O)N(C)C1. The average molecular weight is 534 g/mol. The number of hydrogen-bond acceptors (Lipinski definition) is 7. The number of hydrogen-bond donors (Lipinski definition) is 2. The molecular weight excluding hydrogens is 497 g/mol. The largest absolute Gasteiger partial charge is 0.503 e. The summed E-state index contributed by atoms with van der Waals surface area (Å²) < 4.78 is 19.3. The Kier molecular flexibility index (Phi) is 10.1. The van der Waals surface area contributed by atoms with Crippen LogP contribution in [0.25, 0.3) is 0 Å². The molecule has 2 N–H and O–H groups in total. The first kappa shape index (κ1) is 30.4. The number of nitrogens with zero attached hydrogens (tertiary/aromatic N) is 4. The summed E-state index contributed by atoms with van der Waals surface area (Å²) in [5.41, 5.74) is -0.208. The number of allylic oxidation sites excluding steroid dienone is 1. The maximum absolute atomic E-state index is 13.6. The predicted octanol–water partition coefficient (Wildman–Crippen LogP) is 1.16. The van der Waals surface area contributed by atoms with E-state index >= 15 is 0 Å². The molecule has 2 unspecified atom stereocenters. The molecular formula is C26H36FN5O6. The molecule has 0 aromatic heterocycles. The molecule has 2 atom stereocenters. The van der Waals surface area contributed by atoms with Crippen molar-refractivity contribution < 1.29 is 33.4 Å². The first-order valence-electron chi connectivity index (χ1n) is 12.0. The number of aryl methyl sites for hydroxylation is 1. The zero-order chi connectivity index (χ0) is 28.8. The van der Waals surface area contributed by atoms with E-state index < -0.39 is 40.8 Å². The molecule has 1 heterocycles. The van der Waals surface area contributed by atoms with Crippen LogP contribution in [-0.4, -0.2) is 103 Å². The molecule has 208 valence electrons. The van der Waals surface area contributed by atoms with Crippen molar-refractivity contribution in [3.05, 3.63) is 46.6 Å². The number of aliphatic imine (C=N–C) groups is 1. The molecule has 1 saturated heterocycles. The summed E-state index contributed by atoms with van der Waals surface area (Å²) in [6.07, 6.45) is 0.901. The molecule has 38 heavy (non-hydrogen) atoms. The van der Waals surface area contributed by atoms with Gasteiger partial charge in [0.2, 0.25) is 0 Å². The Balaban J connectivity index is 2.50. The lowest BCUT2D eigenvalue weighted by Crippen LogP contribution is -2.51. The standard InChI is InChI=1S/C26H36FN5O6/c1-16-12-17(8-9-18(16)27)13-28-23(35)21(20(34)14-33)29-22-19(32(6)25(37)24(36)30(3)4)10-11-26(2,38-7)15-31(22)5/h8-9,12,14,19,34H,10-11,13,15H2,1-7H3,(H,28,35)/b21-20+,29-22-. The van der Waals surface area contributed by atoms with Crippen LogP contribution in [0, 0.1) is 12.7 Å². The number of benzene rings is 1. The predicted molar refractivity (Wildman–Crippen MR) is 139 cm³/mol. The van der Waals surface area contributed by atoms with Crippen molar-refractivity contribution in [2.24, 2.45) is 4.99 Å². The van der Waals surface area contributed by atoms with Gasteiger partial charge in [-0.1, -0.05) is 12.1 Å². The molecule has 1 aliphatic heterocycles. The normalized spacial score (nSPS) is 21.3. The van der Waals surface area contributed by atoms with Gasteiger partial charge in [0.15, 0.2) is 17.7 Å². The lowest BCUT2D eigenvalue weighted by Gasteiger charge is -2.33. The molecule has 1 aliphatic rings. The van der Waals surface area contributed by atoms with Gasteiger partial charge in [-0.25, -0.2) is 9.38 Å². The van der Waals surface area contributed by atoms with Gasteiger partial charge in [-0.15, -0.1) is 0 Å². The molecule has 1 fully saturated rings. The van der Waals surface area contributed by atoms with Crippen molar-refractivity contribution >= 4 is 29.8 Å². The average Bonchev–Trinajstić information content (AvgIpc) is 3.01. The number of likely N-dealkylation sites (N-methyl/N-ethyl adjacent to an activating group) is 3. The number of aliphatic hydroxyl groups is 1. The second-order valence-corrected chi connectivity index (χ2v) is 9.77. The van der Waals surface area contributed by atoms with E-state index in [-0.39, 0.29) is 24.5 Å². The number of carbonyl (C=O) groups is 4. The number of likely N-dealkylation sites (tertiary alicyclic amines) is 1. The topological polar surface area (TPSA) is 132 Å². The summed E-state index contributed by atoms with van der Waals surface area (Å²) in [7, 11) is 7.60. The molecule has 3 amide bonds. The third kappa shape index (κ3) is 7.15. The number of amidine groups is 1. The summed E-state index contributed by atoms with van der Waals surface area (Å²) in [4.78, 5) is 58.3. The maximum atomic E-state index is 13.6. The molecule has 0 bridgehead atoms. The van der Waals surface area contributed by atoms with Crippen LogP contribution in [0.2, 0.25) is 0 Å². The minimum absolute atomic E-state index is 0.0167. The number of amides is 3. The number of aliphatic hydroxyl groups excluding tert-OH is 1. The molecule has 11 nitrogen and oxygen atoms in total. The zero-order valence-electron chi connectivity index (χ0n) is 22.9. The van der Waals surface area contributed by atoms with Gasteiger partial charge in [0.1, 0.15) is 11.7 Å². The van der Waals surface area contributed by atoms with Gasteiger partial charge >= 0.3 is 11.8 Å². The zero-order valence-corrected chi connectivity index (χ0v) is 22.9. The van der Waals surface area contributed by atoms with E-state index in [1.54, 1.807) is 32.0 Å². The highest BCUT2D eigenvalue weighted by Crippen LogP contribution is 2.27. The lowest BCUT2D eigenvalue weighted by molar-refractivity contribution is -0.150. The fraction of sp³-hybridized carbons (Fsp3) is 0.500. The lowest BCUT2D eigenvalue weighted by atomic mass is 9.98. The van der Waals surface area contributed by atoms with Gasteiger partial charge in [-0.05, 0) is 43.9 Å². The Labute approximate surface area is 221 Å². The van der Waals surface area contributed by atoms with Crippen molar-refractivity contribution in [2.45, 2.75) is 44.9 Å². The number of carbonyl (C=O) groups excluding carboxylic acids is 4. The minimum atomic E-state index is -0.908. The highest BCUT2D eigenvalue weighted by atomic mass is 19.1. The second kappa shape index (κ2) is 12.6. The van der Waals surface area contributed by atoms with Crippen LogP contribution in [-0.2, 0) is 30.5 Å². The highest BCUT2D eigenvalue weighted by molar-refractivity contribution is 6.35. The number of rotatable bonds is 7. The van der Waals surface area contributed by atoms with Crippen molar-refractivity contribution in [2.75, 3.05) is 41.8 Å². The van der Waals surface area contributed by atoms with Gasteiger partial charge in [0, 0.05) is 48.4 Å². The Morgan fingerprint density at radius 1 is 1.29 bits per heavy atom. The van der Waals surface area contributed by atoms with E-state index in [0.717, 1.165) is 4.90 Å². The molecule has 0 spiro atoms. The fourth-order valence-corrected chi connectivity index (χ4v) is 4.14. The Hall–Kier alpha value is -3.80. The van der Waals surface area contributed by atoms with Gasteiger partial charge in [-0.2, -0.15) is 0 Å². The highest BCUT2D eigenvalue weighted by Gasteiger charge is 2.39. The maximum Gasteiger partial charge on any atom is 0.312 e. The fourth-order valence-electron chi connectivity index (χ4n) is 4.14. The van der Waals surface area contributed by atoms with Crippen LogP contribution in [0.3, 0.4) is 0 Å². The quantitative estimate of drug-likeness (QED) is 0.233. The minimum Gasteiger partial charge on any atom is -0.503 e. The van der Waals surface area contributed by atoms with E-state index in [9.17, 15) is 28.7 Å². The number of aldehydes is 1. The van der Waals surface area contributed by atoms with E-state index in [2.05, 4.69) is 10.3 Å². The Morgan fingerprint density at radius 2 is 1.95 bits per heavy atom. The van der Waals surface area contributed by atoms with Crippen molar-refractivity contribution in [3.63, 3.8) is 0 Å². The summed E-state index contributed by atoms with van der Waals surface area (Å²) in [5.74, 6) is -3.50. The number of ether oxygens (including phenoxy) is 1. The Bertz CT molecular complexity index is 1150. The number of halogens is 1. The van der Waals surface area contributed by atoms with Crippen molar-refractivity contribution in [1.29, 1.82) is 0 Å². The molecule has 0 radical (unpaired) electrons. The molecule has 12 heteroatoms. The summed E-state index contributed by atoms with van der Waals surface area (Å²) >= 11 is 0. The van der Waals surface area contributed by atoms with Gasteiger partial charge in [-0.3, -0.25) is 19.2 Å². The monoisotopic (exact) mass is 533 g/mol. The van der Waals surface area contributed by atoms with Crippen LogP contribution in [0.5, 0.6) is 0 Å². The Morgan fingerprint density at radius 3 is 2.50 bits per heavy atom. The van der Waals surface area contributed by atoms with Crippen LogP contribution >= 0.6 is 0 Å². The van der Waals surface area contributed by atoms with E-state index in [0.29, 0.717) is 30.5 Å². The second-order valence-electron chi connectivity index (χ2n) is 9.77. The van der Waals surface area contributed by atoms with Crippen LogP contribution in [0.15, 0.2) is 34.6 Å². The van der Waals surface area contributed by atoms with Crippen LogP contribution in [0.4, 0.5) is 4.39 Å². The molecule has 2 rings (SSSR count). The summed E-state index contributed by atoms with van der Waals surface area (Å²) in [5, 5.41) is 12.9. The van der Waals surface area contributed by atoms with Crippen LogP contribution < -0.4 is 5.32 Å². The molecule has 0 aliphatic carbocycles. The summed E-state index contributed by atoms with van der Waals surface area (Å²) in [6, 6.07) is 3.56. The third-order valence-electron chi connectivity index (χ3n) is 6.55. The summed E-state index contributed by atoms with van der Waals surface area (Å²) in [6.45, 7) is 3.77.